The van der Waals surface area contributed by atoms with Crippen molar-refractivity contribution in [1.29, 1.82) is 0 Å². The van der Waals surface area contributed by atoms with Crippen LogP contribution in [-0.2, 0) is 19.7 Å². The largest absolute Gasteiger partial charge is 0.370 e. The van der Waals surface area contributed by atoms with E-state index in [4.69, 9.17) is 23.1 Å². The number of sulfone groups is 2. The summed E-state index contributed by atoms with van der Waals surface area (Å²) < 4.78 is 47.2. The number of aryl methyl sites for hydroxylation is 2. The van der Waals surface area contributed by atoms with Crippen molar-refractivity contribution in [3.05, 3.63) is 66.7 Å². The van der Waals surface area contributed by atoms with Gasteiger partial charge in [0.05, 0.1) is 26.9 Å². The van der Waals surface area contributed by atoms with Gasteiger partial charge in [-0.25, -0.2) is 16.8 Å². The third-order valence-electron chi connectivity index (χ3n) is 5.11. The first-order valence-electron chi connectivity index (χ1n) is 10.7. The highest BCUT2D eigenvalue weighted by atomic mass is 35.5. The van der Waals surface area contributed by atoms with E-state index in [9.17, 15) is 46.7 Å². The minimum absolute atomic E-state index is 0.0709. The molecule has 0 heterocycles. The highest BCUT2D eigenvalue weighted by Crippen LogP contribution is 2.30. The maximum absolute atomic E-state index is 11.9. The van der Waals surface area contributed by atoms with Gasteiger partial charge in [-0.3, -0.25) is 29.8 Å². The third kappa shape index (κ3) is 8.01. The van der Waals surface area contributed by atoms with E-state index in [-0.39, 0.29) is 33.8 Å². The van der Waals surface area contributed by atoms with Gasteiger partial charge < -0.3 is 11.5 Å². The second-order valence-corrected chi connectivity index (χ2v) is 12.5. The monoisotopic (exact) mass is 605 g/mol. The number of nitrogens with two attached hydrogens (primary N) is 2. The predicted molar refractivity (Wildman–Crippen MR) is 141 cm³/mol. The molecule has 0 saturated carbocycles. The van der Waals surface area contributed by atoms with Crippen LogP contribution in [0.4, 0.5) is 11.4 Å². The topological polar surface area (TPSA) is 253 Å². The van der Waals surface area contributed by atoms with Crippen LogP contribution in [0.1, 0.15) is 45.7 Å². The average Bonchev–Trinajstić information content (AvgIpc) is 2.82. The smallest absolute Gasteiger partial charge is 0.288 e. The molecule has 2 aromatic carbocycles. The van der Waals surface area contributed by atoms with Gasteiger partial charge in [0, 0.05) is 17.7 Å². The van der Waals surface area contributed by atoms with E-state index in [1.54, 1.807) is 0 Å². The summed E-state index contributed by atoms with van der Waals surface area (Å²) >= 11 is 5.27. The first kappa shape index (κ1) is 33.1. The number of hydrogen-bond acceptors (Lipinski definition) is 10. The van der Waals surface area contributed by atoms with Crippen molar-refractivity contribution in [3.8, 4) is 0 Å². The SMILES string of the molecule is CCS(=O)(=O)c1cc(C)c(C(=O)Cl)cc1[N+](=O)[O-].CCS(=O)(=O)c1cc(C)c(C(=O)N=C(N)N)cc1[N+](=O)[O-]. The van der Waals surface area contributed by atoms with Crippen LogP contribution in [0, 0.1) is 34.1 Å². The lowest BCUT2D eigenvalue weighted by Gasteiger charge is -2.07. The number of carbonyl (C=O) groups is 2. The zero-order chi connectivity index (χ0) is 30.5. The Kier molecular flexibility index (Phi) is 10.8. The minimum Gasteiger partial charge on any atom is -0.370 e. The summed E-state index contributed by atoms with van der Waals surface area (Å²) in [5.74, 6) is -1.93. The Labute approximate surface area is 228 Å². The lowest BCUT2D eigenvalue weighted by molar-refractivity contribution is -0.388. The first-order valence-corrected chi connectivity index (χ1v) is 14.4. The molecule has 0 spiro atoms. The molecule has 2 aromatic rings. The molecule has 0 aliphatic carbocycles. The normalized spacial score (nSPS) is 11.1. The predicted octanol–water partition coefficient (Wildman–Crippen LogP) is 2.19. The van der Waals surface area contributed by atoms with Gasteiger partial charge in [-0.2, -0.15) is 4.99 Å². The van der Waals surface area contributed by atoms with E-state index in [0.29, 0.717) is 0 Å². The zero-order valence-electron chi connectivity index (χ0n) is 21.0. The summed E-state index contributed by atoms with van der Waals surface area (Å²) in [6, 6.07) is 3.94. The summed E-state index contributed by atoms with van der Waals surface area (Å²) in [4.78, 5) is 45.5. The van der Waals surface area contributed by atoms with Crippen LogP contribution >= 0.6 is 11.6 Å². The highest BCUT2D eigenvalue weighted by Gasteiger charge is 2.28. The van der Waals surface area contributed by atoms with Gasteiger partial charge in [-0.1, -0.05) is 13.8 Å². The van der Waals surface area contributed by atoms with Gasteiger partial charge in [-0.15, -0.1) is 0 Å². The number of carbonyl (C=O) groups excluding carboxylic acids is 2. The molecule has 0 fully saturated rings. The molecule has 15 nitrogen and oxygen atoms in total. The fourth-order valence-corrected chi connectivity index (χ4v) is 5.50. The number of benzene rings is 2. The van der Waals surface area contributed by atoms with Crippen molar-refractivity contribution in [2.45, 2.75) is 37.5 Å². The van der Waals surface area contributed by atoms with Gasteiger partial charge in [0.2, 0.25) is 0 Å². The Morgan fingerprint density at radius 3 is 1.49 bits per heavy atom. The maximum Gasteiger partial charge on any atom is 0.288 e. The van der Waals surface area contributed by atoms with Gasteiger partial charge in [0.25, 0.3) is 22.5 Å². The molecular weight excluding hydrogens is 582 g/mol. The number of nitrogens with zero attached hydrogens (tertiary/aromatic N) is 3. The molecule has 2 rings (SSSR count). The van der Waals surface area contributed by atoms with Gasteiger partial charge in [0.15, 0.2) is 25.6 Å². The summed E-state index contributed by atoms with van der Waals surface area (Å²) in [6.07, 6.45) is 0. The maximum atomic E-state index is 11.9. The molecule has 0 radical (unpaired) electrons. The van der Waals surface area contributed by atoms with E-state index >= 15 is 0 Å². The quantitative estimate of drug-likeness (QED) is 0.144. The summed E-state index contributed by atoms with van der Waals surface area (Å²) in [5, 5.41) is 21.0. The lowest BCUT2D eigenvalue weighted by Crippen LogP contribution is -2.24. The van der Waals surface area contributed by atoms with E-state index in [1.807, 2.05) is 0 Å². The number of guanidine groups is 1. The number of hydrogen-bond donors (Lipinski definition) is 2. The Balaban J connectivity index is 0.000000395. The number of amides is 1. The molecule has 0 saturated heterocycles. The van der Waals surface area contributed by atoms with E-state index in [2.05, 4.69) is 4.99 Å². The van der Waals surface area contributed by atoms with Crippen LogP contribution in [0.5, 0.6) is 0 Å². The molecule has 0 atom stereocenters. The van der Waals surface area contributed by atoms with Crippen LogP contribution < -0.4 is 11.5 Å². The van der Waals surface area contributed by atoms with Crippen molar-refractivity contribution in [3.63, 3.8) is 0 Å². The van der Waals surface area contributed by atoms with E-state index in [1.165, 1.54) is 27.7 Å². The Bertz CT molecular complexity index is 1600. The molecule has 0 unspecified atom stereocenters. The number of halogens is 1. The molecular formula is C21H24ClN5O10S2. The lowest BCUT2D eigenvalue weighted by atomic mass is 10.1. The third-order valence-corrected chi connectivity index (χ3v) is 8.83. The summed E-state index contributed by atoms with van der Waals surface area (Å²) in [7, 11) is -7.53. The van der Waals surface area contributed by atoms with Crippen LogP contribution in [0.25, 0.3) is 0 Å². The van der Waals surface area contributed by atoms with Crippen LogP contribution in [0.2, 0.25) is 0 Å². The van der Waals surface area contributed by atoms with Crippen molar-refractivity contribution in [2.75, 3.05) is 11.5 Å². The van der Waals surface area contributed by atoms with Crippen LogP contribution in [0.3, 0.4) is 0 Å². The standard InChI is InChI=1S/C11H14N4O5S.C10H10ClNO5S/c1-3-21(19,20)9-4-6(2)7(5-8(9)15(17)18)10(16)14-11(12)13;1-3-18(16,17)9-4-6(2)7(10(11)13)5-8(9)12(14)15/h4-5H,3H2,1-2H3,(H4,12,13,14,16);4-5H,3H2,1-2H3. The van der Waals surface area contributed by atoms with Gasteiger partial charge in [-0.05, 0) is 48.7 Å². The van der Waals surface area contributed by atoms with Crippen LogP contribution in [-0.4, -0.2) is 55.3 Å². The van der Waals surface area contributed by atoms with Crippen molar-refractivity contribution < 1.29 is 36.3 Å². The molecule has 0 aliphatic rings. The number of nitro benzene ring substituents is 2. The highest BCUT2D eigenvalue weighted by molar-refractivity contribution is 7.91. The van der Waals surface area contributed by atoms with Crippen LogP contribution in [0.15, 0.2) is 39.0 Å². The second kappa shape index (κ2) is 12.7. The fraction of sp³-hybridized carbons (Fsp3) is 0.286. The molecule has 0 aliphatic heterocycles. The Hall–Kier alpha value is -3.96. The van der Waals surface area contributed by atoms with Gasteiger partial charge >= 0.3 is 0 Å². The average molecular weight is 606 g/mol. The summed E-state index contributed by atoms with van der Waals surface area (Å²) in [6.45, 7) is 5.66. The van der Waals surface area contributed by atoms with E-state index in [0.717, 1.165) is 24.3 Å². The Morgan fingerprint density at radius 2 is 1.18 bits per heavy atom. The Morgan fingerprint density at radius 1 is 0.821 bits per heavy atom. The van der Waals surface area contributed by atoms with Crippen molar-refractivity contribution >= 4 is 59.8 Å². The fourth-order valence-electron chi connectivity index (χ4n) is 3.05. The van der Waals surface area contributed by atoms with Crippen molar-refractivity contribution in [2.24, 2.45) is 16.5 Å². The molecule has 0 bridgehead atoms. The number of nitro groups is 2. The number of aliphatic imine (C=N–C) groups is 1. The second-order valence-electron chi connectivity index (χ2n) is 7.71. The summed E-state index contributed by atoms with van der Waals surface area (Å²) in [5.41, 5.74) is 9.14. The molecule has 0 aromatic heterocycles. The van der Waals surface area contributed by atoms with Gasteiger partial charge in [0.1, 0.15) is 9.79 Å². The molecule has 18 heteroatoms. The van der Waals surface area contributed by atoms with E-state index < -0.39 is 67.8 Å². The zero-order valence-corrected chi connectivity index (χ0v) is 23.4. The molecule has 4 N–H and O–H groups in total. The first-order chi connectivity index (χ1) is 17.8. The molecule has 1 amide bonds. The number of rotatable bonds is 8. The molecule has 39 heavy (non-hydrogen) atoms. The van der Waals surface area contributed by atoms with Crippen molar-refractivity contribution in [1.82, 2.24) is 0 Å². The molecule has 212 valence electrons. The minimum atomic E-state index is -3.80.